The van der Waals surface area contributed by atoms with Crippen molar-refractivity contribution in [2.45, 2.75) is 43.9 Å². The minimum absolute atomic E-state index is 0.0312. The van der Waals surface area contributed by atoms with Gasteiger partial charge in [-0.15, -0.1) is 13.2 Å². The molecule has 0 aromatic carbocycles. The van der Waals surface area contributed by atoms with Crippen LogP contribution in [0.2, 0.25) is 0 Å². The first-order valence-corrected chi connectivity index (χ1v) is 6.97. The van der Waals surface area contributed by atoms with E-state index in [1.165, 1.54) is 0 Å². The minimum Gasteiger partial charge on any atom is -0.460 e. The molecule has 122 valence electrons. The van der Waals surface area contributed by atoms with Crippen LogP contribution in [0.25, 0.3) is 0 Å². The zero-order valence-corrected chi connectivity index (χ0v) is 11.6. The van der Waals surface area contributed by atoms with Gasteiger partial charge < -0.3 is 18.9 Å². The van der Waals surface area contributed by atoms with Crippen molar-refractivity contribution >= 4 is 0 Å². The summed E-state index contributed by atoms with van der Waals surface area (Å²) in [5.41, 5.74) is 0. The molecule has 0 radical (unpaired) electrons. The lowest BCUT2D eigenvalue weighted by Gasteiger charge is -2.34. The van der Waals surface area contributed by atoms with E-state index in [0.29, 0.717) is 38.9 Å². The van der Waals surface area contributed by atoms with Crippen molar-refractivity contribution in [3.05, 3.63) is 12.4 Å². The van der Waals surface area contributed by atoms with Crippen molar-refractivity contribution in [1.82, 2.24) is 9.97 Å². The van der Waals surface area contributed by atoms with Crippen LogP contribution in [0.5, 0.6) is 11.8 Å². The van der Waals surface area contributed by atoms with Gasteiger partial charge in [-0.05, 0) is 12.8 Å². The van der Waals surface area contributed by atoms with E-state index < -0.39 is 17.9 Å². The first-order valence-electron chi connectivity index (χ1n) is 6.97. The normalized spacial score (nSPS) is 22.0. The number of alkyl halides is 3. The quantitative estimate of drug-likeness (QED) is 0.852. The van der Waals surface area contributed by atoms with Crippen LogP contribution >= 0.6 is 0 Å². The molecule has 9 heteroatoms. The summed E-state index contributed by atoms with van der Waals surface area (Å²) >= 11 is 0. The monoisotopic (exact) mass is 320 g/mol. The highest BCUT2D eigenvalue weighted by Crippen LogP contribution is 2.36. The van der Waals surface area contributed by atoms with E-state index in [9.17, 15) is 13.2 Å². The molecule has 0 unspecified atom stereocenters. The van der Waals surface area contributed by atoms with Crippen LogP contribution in [0.1, 0.15) is 25.7 Å². The van der Waals surface area contributed by atoms with Crippen molar-refractivity contribution in [3.63, 3.8) is 0 Å². The van der Waals surface area contributed by atoms with Crippen LogP contribution in [0, 0.1) is 0 Å². The van der Waals surface area contributed by atoms with E-state index >= 15 is 0 Å². The average molecular weight is 320 g/mol. The number of nitrogens with zero attached hydrogens (tertiary/aromatic N) is 2. The number of ether oxygens (including phenoxy) is 4. The summed E-state index contributed by atoms with van der Waals surface area (Å²) in [5, 5.41) is 0. The van der Waals surface area contributed by atoms with Gasteiger partial charge in [-0.3, -0.25) is 0 Å². The van der Waals surface area contributed by atoms with Crippen molar-refractivity contribution in [3.8, 4) is 11.8 Å². The number of aromatic nitrogens is 2. The van der Waals surface area contributed by atoms with Gasteiger partial charge in [0.1, 0.15) is 6.10 Å². The zero-order valence-electron chi connectivity index (χ0n) is 11.6. The highest BCUT2D eigenvalue weighted by Gasteiger charge is 2.41. The van der Waals surface area contributed by atoms with Crippen molar-refractivity contribution in [1.29, 1.82) is 0 Å². The predicted octanol–water partition coefficient (Wildman–Crippen LogP) is 2.44. The van der Waals surface area contributed by atoms with Gasteiger partial charge in [-0.2, -0.15) is 9.97 Å². The summed E-state index contributed by atoms with van der Waals surface area (Å²) in [6.45, 7) is 1.21. The standard InChI is InChI=1S/C13H15F3N2O4/c14-13(15,16)22-10-7-17-11(18-8-10)21-9-1-3-12(4-2-9)19-5-6-20-12/h7-9H,1-6H2. The van der Waals surface area contributed by atoms with Gasteiger partial charge in [0.25, 0.3) is 0 Å². The fourth-order valence-corrected chi connectivity index (χ4v) is 2.64. The molecule has 1 saturated heterocycles. The number of rotatable bonds is 3. The van der Waals surface area contributed by atoms with Gasteiger partial charge in [0, 0.05) is 12.8 Å². The Morgan fingerprint density at radius 2 is 1.68 bits per heavy atom. The third-order valence-electron chi connectivity index (χ3n) is 3.62. The molecule has 0 N–H and O–H groups in total. The minimum atomic E-state index is -4.76. The molecule has 2 fully saturated rings. The van der Waals surface area contributed by atoms with Crippen molar-refractivity contribution in [2.24, 2.45) is 0 Å². The van der Waals surface area contributed by atoms with Gasteiger partial charge in [0.2, 0.25) is 0 Å². The van der Waals surface area contributed by atoms with E-state index in [2.05, 4.69) is 14.7 Å². The largest absolute Gasteiger partial charge is 0.573 e. The van der Waals surface area contributed by atoms with E-state index in [1.54, 1.807) is 0 Å². The highest BCUT2D eigenvalue weighted by molar-refractivity contribution is 5.14. The molecule has 1 aromatic heterocycles. The summed E-state index contributed by atoms with van der Waals surface area (Å²) in [6, 6.07) is 0.0312. The smallest absolute Gasteiger partial charge is 0.460 e. The van der Waals surface area contributed by atoms with E-state index in [4.69, 9.17) is 14.2 Å². The summed E-state index contributed by atoms with van der Waals surface area (Å²) in [7, 11) is 0. The van der Waals surface area contributed by atoms with Crippen LogP contribution in [0.15, 0.2) is 12.4 Å². The topological polar surface area (TPSA) is 62.7 Å². The van der Waals surface area contributed by atoms with Crippen LogP contribution in [0.3, 0.4) is 0 Å². The molecule has 1 aromatic rings. The SMILES string of the molecule is FC(F)(F)Oc1cnc(OC2CCC3(CC2)OCCO3)nc1. The molecule has 0 bridgehead atoms. The Kier molecular flexibility index (Phi) is 4.09. The summed E-state index contributed by atoms with van der Waals surface area (Å²) in [4.78, 5) is 7.45. The van der Waals surface area contributed by atoms with E-state index in [-0.39, 0.29) is 12.1 Å². The third kappa shape index (κ3) is 3.77. The maximum Gasteiger partial charge on any atom is 0.573 e. The van der Waals surface area contributed by atoms with Crippen LogP contribution < -0.4 is 9.47 Å². The van der Waals surface area contributed by atoms with Gasteiger partial charge >= 0.3 is 12.4 Å². The maximum absolute atomic E-state index is 12.0. The molecule has 0 atom stereocenters. The second-order valence-electron chi connectivity index (χ2n) is 5.17. The molecule has 1 aliphatic carbocycles. The summed E-state index contributed by atoms with van der Waals surface area (Å²) in [5.74, 6) is -0.958. The summed E-state index contributed by atoms with van der Waals surface area (Å²) < 4.78 is 56.6. The van der Waals surface area contributed by atoms with Crippen LogP contribution in [0.4, 0.5) is 13.2 Å². The maximum atomic E-state index is 12.0. The Balaban J connectivity index is 1.51. The van der Waals surface area contributed by atoms with E-state index in [0.717, 1.165) is 12.4 Å². The molecular weight excluding hydrogens is 305 g/mol. The molecule has 2 aliphatic rings. The van der Waals surface area contributed by atoms with E-state index in [1.807, 2.05) is 0 Å². The Morgan fingerprint density at radius 3 is 2.23 bits per heavy atom. The third-order valence-corrected chi connectivity index (χ3v) is 3.62. The Labute approximate surface area is 124 Å². The van der Waals surface area contributed by atoms with Gasteiger partial charge in [-0.1, -0.05) is 0 Å². The molecule has 1 saturated carbocycles. The Bertz CT molecular complexity index is 493. The van der Waals surface area contributed by atoms with Crippen molar-refractivity contribution < 1.29 is 32.1 Å². The Morgan fingerprint density at radius 1 is 1.09 bits per heavy atom. The summed E-state index contributed by atoms with van der Waals surface area (Å²) in [6.07, 6.45) is -0.140. The van der Waals surface area contributed by atoms with Gasteiger partial charge in [0.15, 0.2) is 11.5 Å². The lowest BCUT2D eigenvalue weighted by Crippen LogP contribution is -2.38. The predicted molar refractivity (Wildman–Crippen MR) is 66.2 cm³/mol. The molecule has 2 heterocycles. The fourth-order valence-electron chi connectivity index (χ4n) is 2.64. The number of halogens is 3. The van der Waals surface area contributed by atoms with Gasteiger partial charge in [-0.25, -0.2) is 0 Å². The lowest BCUT2D eigenvalue weighted by atomic mass is 9.92. The van der Waals surface area contributed by atoms with Crippen LogP contribution in [-0.4, -0.2) is 41.4 Å². The fraction of sp³-hybridized carbons (Fsp3) is 0.692. The zero-order chi connectivity index (χ0) is 15.6. The molecule has 1 aliphatic heterocycles. The second kappa shape index (κ2) is 5.88. The van der Waals surface area contributed by atoms with Gasteiger partial charge in [0.05, 0.1) is 25.6 Å². The number of hydrogen-bond donors (Lipinski definition) is 0. The molecule has 6 nitrogen and oxygen atoms in total. The molecule has 0 amide bonds. The van der Waals surface area contributed by atoms with Crippen molar-refractivity contribution in [2.75, 3.05) is 13.2 Å². The molecule has 1 spiro atoms. The highest BCUT2D eigenvalue weighted by atomic mass is 19.4. The first-order chi connectivity index (χ1) is 10.4. The first kappa shape index (κ1) is 15.3. The molecule has 3 rings (SSSR count). The molecular formula is C13H15F3N2O4. The van der Waals surface area contributed by atoms with Crippen LogP contribution in [-0.2, 0) is 9.47 Å². The number of hydrogen-bond acceptors (Lipinski definition) is 6. The lowest BCUT2D eigenvalue weighted by molar-refractivity contribution is -0.274. The Hall–Kier alpha value is -1.61. The average Bonchev–Trinajstić information content (AvgIpc) is 2.91. The molecule has 22 heavy (non-hydrogen) atoms. The second-order valence-corrected chi connectivity index (χ2v) is 5.17.